The summed E-state index contributed by atoms with van der Waals surface area (Å²) in [4.78, 5) is 0. The van der Waals surface area contributed by atoms with Crippen LogP contribution in [0.1, 0.15) is 25.7 Å². The van der Waals surface area contributed by atoms with Gasteiger partial charge in [0, 0.05) is 5.92 Å². The van der Waals surface area contributed by atoms with Crippen LogP contribution in [0.3, 0.4) is 0 Å². The number of halogens is 1. The summed E-state index contributed by atoms with van der Waals surface area (Å²) < 4.78 is 0.974. The summed E-state index contributed by atoms with van der Waals surface area (Å²) in [6, 6.07) is 0. The molecule has 0 amide bonds. The van der Waals surface area contributed by atoms with Crippen molar-refractivity contribution in [1.82, 2.24) is 0 Å². The van der Waals surface area contributed by atoms with Crippen molar-refractivity contribution in [3.05, 3.63) is 0 Å². The first-order valence-electron chi connectivity index (χ1n) is 4.97. The maximum atomic E-state index is 9.72. The molecular weight excluding hydrogens is 277 g/mol. The summed E-state index contributed by atoms with van der Waals surface area (Å²) >= 11 is 0. The van der Waals surface area contributed by atoms with Crippen molar-refractivity contribution in [2.24, 2.45) is 5.92 Å². The number of rotatable bonds is 2. The molecule has 80 valence electrons. The van der Waals surface area contributed by atoms with Gasteiger partial charge in [-0.15, -0.1) is 0 Å². The zero-order chi connectivity index (χ0) is 9.19. The summed E-state index contributed by atoms with van der Waals surface area (Å²) in [6.07, 6.45) is 4.73. The molecule has 1 rings (SSSR count). The standard InChI is InChI=1S/C10H22NO.HI/c1-11(2,3)8-9-6-4-5-7-10(9)12;/h9-10,12H,4-8H2,1-3H3;1H/q+1;/p-1. The molecule has 3 heteroatoms. The molecule has 13 heavy (non-hydrogen) atoms. The first kappa shape index (κ1) is 13.7. The van der Waals surface area contributed by atoms with E-state index in [9.17, 15) is 5.11 Å². The van der Waals surface area contributed by atoms with Gasteiger partial charge in [0.1, 0.15) is 0 Å². The Labute approximate surface area is 98.9 Å². The lowest BCUT2D eigenvalue weighted by molar-refractivity contribution is -0.874. The van der Waals surface area contributed by atoms with E-state index in [0.717, 1.165) is 17.4 Å². The molecule has 0 aromatic rings. The van der Waals surface area contributed by atoms with Crippen molar-refractivity contribution in [2.45, 2.75) is 31.8 Å². The fraction of sp³-hybridized carbons (Fsp3) is 1.00. The molecule has 0 bridgehead atoms. The lowest BCUT2D eigenvalue weighted by Crippen LogP contribution is -3.00. The van der Waals surface area contributed by atoms with Gasteiger partial charge < -0.3 is 33.6 Å². The minimum atomic E-state index is -0.0314. The molecule has 1 saturated carbocycles. The third-order valence-electron chi connectivity index (χ3n) is 2.65. The van der Waals surface area contributed by atoms with Crippen molar-refractivity contribution >= 4 is 0 Å². The maximum Gasteiger partial charge on any atom is 0.0834 e. The number of hydrogen-bond acceptors (Lipinski definition) is 1. The van der Waals surface area contributed by atoms with Gasteiger partial charge in [-0.05, 0) is 12.8 Å². The highest BCUT2D eigenvalue weighted by Crippen LogP contribution is 2.25. The third kappa shape index (κ3) is 5.18. The van der Waals surface area contributed by atoms with Crippen LogP contribution >= 0.6 is 0 Å². The van der Waals surface area contributed by atoms with Crippen LogP contribution in [0, 0.1) is 5.92 Å². The van der Waals surface area contributed by atoms with E-state index >= 15 is 0 Å². The highest BCUT2D eigenvalue weighted by molar-refractivity contribution is 4.73. The van der Waals surface area contributed by atoms with E-state index in [1.165, 1.54) is 19.3 Å². The monoisotopic (exact) mass is 299 g/mol. The minimum Gasteiger partial charge on any atom is -1.00 e. The predicted octanol–water partition coefficient (Wildman–Crippen LogP) is -1.75. The number of aliphatic hydroxyl groups excluding tert-OH is 1. The molecule has 0 heterocycles. The molecule has 2 unspecified atom stereocenters. The molecule has 0 radical (unpaired) electrons. The van der Waals surface area contributed by atoms with Crippen LogP contribution in [0.15, 0.2) is 0 Å². The predicted molar refractivity (Wildman–Crippen MR) is 50.9 cm³/mol. The normalized spacial score (nSPS) is 29.5. The van der Waals surface area contributed by atoms with Gasteiger partial charge in [-0.3, -0.25) is 0 Å². The maximum absolute atomic E-state index is 9.72. The first-order valence-corrected chi connectivity index (χ1v) is 4.97. The Morgan fingerprint density at radius 3 is 2.15 bits per heavy atom. The van der Waals surface area contributed by atoms with Gasteiger partial charge in [0.05, 0.1) is 33.8 Å². The average Bonchev–Trinajstić information content (AvgIpc) is 1.91. The third-order valence-corrected chi connectivity index (χ3v) is 2.65. The summed E-state index contributed by atoms with van der Waals surface area (Å²) in [6.45, 7) is 1.11. The Hall–Kier alpha value is 0.650. The van der Waals surface area contributed by atoms with E-state index in [-0.39, 0.29) is 30.1 Å². The van der Waals surface area contributed by atoms with Gasteiger partial charge in [0.2, 0.25) is 0 Å². The van der Waals surface area contributed by atoms with Crippen LogP contribution in [0.2, 0.25) is 0 Å². The Bertz CT molecular complexity index is 144. The molecule has 0 aromatic heterocycles. The fourth-order valence-corrected chi connectivity index (χ4v) is 2.10. The fourth-order valence-electron chi connectivity index (χ4n) is 2.10. The minimum absolute atomic E-state index is 0. The molecule has 2 atom stereocenters. The van der Waals surface area contributed by atoms with Crippen LogP contribution in [0.4, 0.5) is 0 Å². The molecule has 0 aromatic carbocycles. The molecule has 1 aliphatic carbocycles. The number of nitrogens with zero attached hydrogens (tertiary/aromatic N) is 1. The second kappa shape index (κ2) is 5.51. The zero-order valence-corrected chi connectivity index (χ0v) is 11.1. The van der Waals surface area contributed by atoms with Gasteiger partial charge in [0.25, 0.3) is 0 Å². The second-order valence-corrected chi connectivity index (χ2v) is 5.08. The molecular formula is C10H22INO. The first-order chi connectivity index (χ1) is 5.49. The van der Waals surface area contributed by atoms with Gasteiger partial charge in [-0.1, -0.05) is 12.8 Å². The second-order valence-electron chi connectivity index (χ2n) is 5.08. The molecule has 1 N–H and O–H groups in total. The van der Waals surface area contributed by atoms with E-state index in [1.807, 2.05) is 0 Å². The molecule has 0 spiro atoms. The van der Waals surface area contributed by atoms with Crippen molar-refractivity contribution in [1.29, 1.82) is 0 Å². The Morgan fingerprint density at radius 2 is 1.69 bits per heavy atom. The summed E-state index contributed by atoms with van der Waals surface area (Å²) in [5.74, 6) is 0.541. The number of quaternary nitrogens is 1. The van der Waals surface area contributed by atoms with Gasteiger partial charge >= 0.3 is 0 Å². The van der Waals surface area contributed by atoms with Crippen molar-refractivity contribution < 1.29 is 33.6 Å². The number of hydrogen-bond donors (Lipinski definition) is 1. The van der Waals surface area contributed by atoms with Crippen LogP contribution in [0.25, 0.3) is 0 Å². The largest absolute Gasteiger partial charge is 1.00 e. The summed E-state index contributed by atoms with van der Waals surface area (Å²) in [5.41, 5.74) is 0. The molecule has 0 aliphatic heterocycles. The summed E-state index contributed by atoms with van der Waals surface area (Å²) in [5, 5.41) is 9.72. The lowest BCUT2D eigenvalue weighted by atomic mass is 9.86. The molecule has 1 aliphatic rings. The average molecular weight is 299 g/mol. The van der Waals surface area contributed by atoms with Crippen LogP contribution in [-0.2, 0) is 0 Å². The quantitative estimate of drug-likeness (QED) is 0.473. The van der Waals surface area contributed by atoms with Gasteiger partial charge in [-0.2, -0.15) is 0 Å². The SMILES string of the molecule is C[N+](C)(C)CC1CCCCC1O.[I-]. The summed E-state index contributed by atoms with van der Waals surface area (Å²) in [7, 11) is 6.59. The van der Waals surface area contributed by atoms with Gasteiger partial charge in [-0.25, -0.2) is 0 Å². The van der Waals surface area contributed by atoms with Crippen LogP contribution < -0.4 is 24.0 Å². The van der Waals surface area contributed by atoms with Crippen LogP contribution in [-0.4, -0.2) is 43.4 Å². The van der Waals surface area contributed by atoms with E-state index < -0.39 is 0 Å². The lowest BCUT2D eigenvalue weighted by Gasteiger charge is -2.34. The Balaban J connectivity index is 0.00000144. The topological polar surface area (TPSA) is 20.2 Å². The van der Waals surface area contributed by atoms with E-state index in [0.29, 0.717) is 5.92 Å². The smallest absolute Gasteiger partial charge is 0.0834 e. The molecule has 2 nitrogen and oxygen atoms in total. The van der Waals surface area contributed by atoms with Crippen molar-refractivity contribution in [3.8, 4) is 0 Å². The highest BCUT2D eigenvalue weighted by atomic mass is 127. The van der Waals surface area contributed by atoms with E-state index in [2.05, 4.69) is 21.1 Å². The highest BCUT2D eigenvalue weighted by Gasteiger charge is 2.27. The number of aliphatic hydroxyl groups is 1. The van der Waals surface area contributed by atoms with E-state index in [1.54, 1.807) is 0 Å². The van der Waals surface area contributed by atoms with E-state index in [4.69, 9.17) is 0 Å². The van der Waals surface area contributed by atoms with Crippen LogP contribution in [0.5, 0.6) is 0 Å². The Morgan fingerprint density at radius 1 is 1.15 bits per heavy atom. The molecule has 0 saturated heterocycles. The van der Waals surface area contributed by atoms with Crippen molar-refractivity contribution in [2.75, 3.05) is 27.7 Å². The van der Waals surface area contributed by atoms with Gasteiger partial charge in [0.15, 0.2) is 0 Å². The van der Waals surface area contributed by atoms with Crippen molar-refractivity contribution in [3.63, 3.8) is 0 Å². The Kier molecular flexibility index (Phi) is 5.79. The molecule has 1 fully saturated rings. The zero-order valence-electron chi connectivity index (χ0n) is 8.96.